The first kappa shape index (κ1) is 17.4. The summed E-state index contributed by atoms with van der Waals surface area (Å²) in [4.78, 5) is 25.9. The van der Waals surface area contributed by atoms with Gasteiger partial charge in [0.15, 0.2) is 11.5 Å². The lowest BCUT2D eigenvalue weighted by Gasteiger charge is -2.25. The van der Waals surface area contributed by atoms with Crippen LogP contribution >= 0.6 is 11.8 Å². The van der Waals surface area contributed by atoms with E-state index in [0.29, 0.717) is 23.6 Å². The first-order valence-corrected chi connectivity index (χ1v) is 8.99. The molecule has 0 aromatic heterocycles. The number of esters is 1. The van der Waals surface area contributed by atoms with E-state index >= 15 is 0 Å². The lowest BCUT2D eigenvalue weighted by atomic mass is 10.1. The number of amides is 1. The van der Waals surface area contributed by atoms with Gasteiger partial charge in [0.25, 0.3) is 5.91 Å². The van der Waals surface area contributed by atoms with Gasteiger partial charge in [-0.15, -0.1) is 11.8 Å². The summed E-state index contributed by atoms with van der Waals surface area (Å²) in [7, 11) is 1.53. The molecule has 0 aliphatic carbocycles. The van der Waals surface area contributed by atoms with Crippen LogP contribution in [0.25, 0.3) is 0 Å². The summed E-state index contributed by atoms with van der Waals surface area (Å²) in [6.07, 6.45) is 0. The number of rotatable bonds is 4. The molecule has 1 unspecified atom stereocenters. The van der Waals surface area contributed by atoms with E-state index in [9.17, 15) is 9.59 Å². The van der Waals surface area contributed by atoms with Crippen molar-refractivity contribution in [2.24, 2.45) is 0 Å². The predicted octanol–water partition coefficient (Wildman–Crippen LogP) is 3.51. The molecule has 2 aromatic rings. The highest BCUT2D eigenvalue weighted by Crippen LogP contribution is 2.41. The van der Waals surface area contributed by atoms with Crippen LogP contribution in [-0.2, 0) is 4.79 Å². The smallest absolute Gasteiger partial charge is 0.308 e. The van der Waals surface area contributed by atoms with Gasteiger partial charge in [-0.2, -0.15) is 0 Å². The zero-order valence-electron chi connectivity index (χ0n) is 14.1. The number of methoxy groups -OCH3 is 1. The first-order chi connectivity index (χ1) is 12.1. The van der Waals surface area contributed by atoms with Crippen LogP contribution in [0, 0.1) is 0 Å². The van der Waals surface area contributed by atoms with Gasteiger partial charge in [0.1, 0.15) is 5.37 Å². The topological polar surface area (TPSA) is 55.8 Å². The first-order valence-electron chi connectivity index (χ1n) is 7.94. The fraction of sp³-hybridized carbons (Fsp3) is 0.263. The number of benzene rings is 2. The van der Waals surface area contributed by atoms with Gasteiger partial charge in [0.05, 0.1) is 7.11 Å². The fourth-order valence-electron chi connectivity index (χ4n) is 2.78. The summed E-state index contributed by atoms with van der Waals surface area (Å²) in [6.45, 7) is 2.04. The number of nitrogens with zero attached hydrogens (tertiary/aromatic N) is 1. The zero-order chi connectivity index (χ0) is 17.8. The maximum atomic E-state index is 12.8. The van der Waals surface area contributed by atoms with Crippen LogP contribution in [0.15, 0.2) is 48.5 Å². The molecule has 3 rings (SSSR count). The minimum absolute atomic E-state index is 0.0126. The van der Waals surface area contributed by atoms with Crippen molar-refractivity contribution >= 4 is 23.6 Å². The maximum absolute atomic E-state index is 12.8. The Balaban J connectivity index is 1.87. The minimum Gasteiger partial charge on any atom is -0.493 e. The Hall–Kier alpha value is -2.47. The predicted molar refractivity (Wildman–Crippen MR) is 97.0 cm³/mol. The van der Waals surface area contributed by atoms with E-state index in [0.717, 1.165) is 11.3 Å². The normalized spacial score (nSPS) is 16.6. The molecule has 0 radical (unpaired) electrons. The monoisotopic (exact) mass is 357 g/mol. The summed E-state index contributed by atoms with van der Waals surface area (Å²) in [5, 5.41) is -0.0898. The molecule has 6 heteroatoms. The average molecular weight is 357 g/mol. The molecule has 5 nitrogen and oxygen atoms in total. The molecule has 0 N–H and O–H groups in total. The van der Waals surface area contributed by atoms with Crippen LogP contribution in [0.3, 0.4) is 0 Å². The van der Waals surface area contributed by atoms with Crippen molar-refractivity contribution in [3.63, 3.8) is 0 Å². The number of hydrogen-bond acceptors (Lipinski definition) is 5. The summed E-state index contributed by atoms with van der Waals surface area (Å²) >= 11 is 1.71. The molecular weight excluding hydrogens is 338 g/mol. The number of carbonyl (C=O) groups excluding carboxylic acids is 2. The van der Waals surface area contributed by atoms with E-state index < -0.39 is 5.97 Å². The summed E-state index contributed by atoms with van der Waals surface area (Å²) < 4.78 is 10.5. The summed E-state index contributed by atoms with van der Waals surface area (Å²) in [5.41, 5.74) is 1.62. The van der Waals surface area contributed by atoms with E-state index in [-0.39, 0.29) is 11.3 Å². The Kier molecular flexibility index (Phi) is 5.28. The standard InChI is InChI=1S/C19H19NO4S/c1-13(21)24-16-9-8-15(12-17(16)23-2)19-20(10-11-25-19)18(22)14-6-4-3-5-7-14/h3-9,12,19H,10-11H2,1-2H3. The van der Waals surface area contributed by atoms with Gasteiger partial charge in [-0.05, 0) is 29.8 Å². The van der Waals surface area contributed by atoms with Crippen molar-refractivity contribution in [1.82, 2.24) is 4.90 Å². The van der Waals surface area contributed by atoms with Crippen LogP contribution in [0.2, 0.25) is 0 Å². The molecule has 1 fully saturated rings. The highest BCUT2D eigenvalue weighted by atomic mass is 32.2. The Labute approximate surface area is 150 Å². The summed E-state index contributed by atoms with van der Waals surface area (Å²) in [5.74, 6) is 1.34. The lowest BCUT2D eigenvalue weighted by molar-refractivity contribution is -0.132. The Morgan fingerprint density at radius 2 is 1.88 bits per heavy atom. The minimum atomic E-state index is -0.401. The lowest BCUT2D eigenvalue weighted by Crippen LogP contribution is -2.30. The molecule has 25 heavy (non-hydrogen) atoms. The molecule has 0 bridgehead atoms. The van der Waals surface area contributed by atoms with Crippen molar-refractivity contribution in [1.29, 1.82) is 0 Å². The summed E-state index contributed by atoms with van der Waals surface area (Å²) in [6, 6.07) is 14.7. The van der Waals surface area contributed by atoms with E-state index in [1.807, 2.05) is 47.4 Å². The maximum Gasteiger partial charge on any atom is 0.308 e. The van der Waals surface area contributed by atoms with Gasteiger partial charge in [-0.3, -0.25) is 9.59 Å². The Bertz CT molecular complexity index is 778. The Morgan fingerprint density at radius 1 is 1.12 bits per heavy atom. The third-order valence-electron chi connectivity index (χ3n) is 3.90. The molecule has 2 aromatic carbocycles. The van der Waals surface area contributed by atoms with Gasteiger partial charge in [-0.25, -0.2) is 0 Å². The highest BCUT2D eigenvalue weighted by molar-refractivity contribution is 7.99. The van der Waals surface area contributed by atoms with Gasteiger partial charge < -0.3 is 14.4 Å². The van der Waals surface area contributed by atoms with Crippen molar-refractivity contribution in [2.75, 3.05) is 19.4 Å². The average Bonchev–Trinajstić information content (AvgIpc) is 3.11. The Morgan fingerprint density at radius 3 is 2.56 bits per heavy atom. The van der Waals surface area contributed by atoms with E-state index in [1.165, 1.54) is 14.0 Å². The van der Waals surface area contributed by atoms with Crippen molar-refractivity contribution in [3.05, 3.63) is 59.7 Å². The second-order valence-electron chi connectivity index (χ2n) is 5.59. The molecule has 1 heterocycles. The van der Waals surface area contributed by atoms with E-state index in [1.54, 1.807) is 17.8 Å². The fourth-order valence-corrected chi connectivity index (χ4v) is 4.02. The third-order valence-corrected chi connectivity index (χ3v) is 5.16. The van der Waals surface area contributed by atoms with Crippen LogP contribution in [0.1, 0.15) is 28.2 Å². The largest absolute Gasteiger partial charge is 0.493 e. The second-order valence-corrected chi connectivity index (χ2v) is 6.78. The van der Waals surface area contributed by atoms with Crippen molar-refractivity contribution in [2.45, 2.75) is 12.3 Å². The van der Waals surface area contributed by atoms with E-state index in [2.05, 4.69) is 0 Å². The molecule has 1 aliphatic heterocycles. The van der Waals surface area contributed by atoms with Crippen LogP contribution in [-0.4, -0.2) is 36.2 Å². The molecule has 1 saturated heterocycles. The number of carbonyl (C=O) groups is 2. The van der Waals surface area contributed by atoms with Crippen LogP contribution in [0.5, 0.6) is 11.5 Å². The molecule has 1 aliphatic rings. The molecule has 1 atom stereocenters. The zero-order valence-corrected chi connectivity index (χ0v) is 14.9. The van der Waals surface area contributed by atoms with Gasteiger partial charge in [0, 0.05) is 24.8 Å². The van der Waals surface area contributed by atoms with Crippen LogP contribution in [0.4, 0.5) is 0 Å². The third kappa shape index (κ3) is 3.79. The van der Waals surface area contributed by atoms with E-state index in [4.69, 9.17) is 9.47 Å². The van der Waals surface area contributed by atoms with Crippen molar-refractivity contribution in [3.8, 4) is 11.5 Å². The number of ether oxygens (including phenoxy) is 2. The van der Waals surface area contributed by atoms with Crippen molar-refractivity contribution < 1.29 is 19.1 Å². The quantitative estimate of drug-likeness (QED) is 0.619. The second kappa shape index (κ2) is 7.61. The van der Waals surface area contributed by atoms with Gasteiger partial charge in [-0.1, -0.05) is 24.3 Å². The number of thioether (sulfide) groups is 1. The molecule has 130 valence electrons. The SMILES string of the molecule is COc1cc(C2SCCN2C(=O)c2ccccc2)ccc1OC(C)=O. The molecular formula is C19H19NO4S. The molecule has 0 saturated carbocycles. The van der Waals surface area contributed by atoms with Crippen LogP contribution < -0.4 is 9.47 Å². The highest BCUT2D eigenvalue weighted by Gasteiger charge is 2.31. The molecule has 0 spiro atoms. The van der Waals surface area contributed by atoms with Gasteiger partial charge >= 0.3 is 5.97 Å². The number of hydrogen-bond donors (Lipinski definition) is 0. The molecule has 1 amide bonds. The van der Waals surface area contributed by atoms with Gasteiger partial charge in [0.2, 0.25) is 0 Å².